The normalized spacial score (nSPS) is 12.3. The van der Waals surface area contributed by atoms with Gasteiger partial charge in [-0.2, -0.15) is 0 Å². The van der Waals surface area contributed by atoms with Crippen LogP contribution in [0.1, 0.15) is 12.5 Å². The largest absolute Gasteiger partial charge is 0.463 e. The highest BCUT2D eigenvalue weighted by atomic mass is 35.5. The van der Waals surface area contributed by atoms with E-state index in [1.54, 1.807) is 31.2 Å². The monoisotopic (exact) mass is 458 g/mol. The molecule has 0 aliphatic carbocycles. The number of thiazole rings is 1. The van der Waals surface area contributed by atoms with Gasteiger partial charge in [-0.15, -0.1) is 11.3 Å². The van der Waals surface area contributed by atoms with Crippen LogP contribution in [0.15, 0.2) is 23.0 Å². The van der Waals surface area contributed by atoms with Crippen LogP contribution in [0.4, 0.5) is 0 Å². The molecule has 1 heterocycles. The van der Waals surface area contributed by atoms with Crippen molar-refractivity contribution in [3.8, 4) is 0 Å². The Morgan fingerprint density at radius 3 is 2.76 bits per heavy atom. The lowest BCUT2D eigenvalue weighted by molar-refractivity contribution is -0.135. The van der Waals surface area contributed by atoms with Crippen LogP contribution in [0.2, 0.25) is 10.0 Å². The molecule has 0 atom stereocenters. The van der Waals surface area contributed by atoms with Crippen LogP contribution in [0.25, 0.3) is 12.2 Å². The molecule has 29 heavy (non-hydrogen) atoms. The molecule has 0 fully saturated rings. The fraction of sp³-hybridized carbons (Fsp3) is 0.316. The van der Waals surface area contributed by atoms with Crippen LogP contribution in [-0.4, -0.2) is 43.3 Å². The lowest BCUT2D eigenvalue weighted by Crippen LogP contribution is -2.39. The van der Waals surface area contributed by atoms with E-state index in [1.165, 1.54) is 17.8 Å². The van der Waals surface area contributed by atoms with Gasteiger partial charge in [-0.3, -0.25) is 14.2 Å². The highest BCUT2D eigenvalue weighted by Crippen LogP contribution is 2.25. The van der Waals surface area contributed by atoms with Gasteiger partial charge in [0, 0.05) is 13.7 Å². The van der Waals surface area contributed by atoms with Gasteiger partial charge >= 0.3 is 5.97 Å². The molecule has 0 aliphatic rings. The molecule has 7 nitrogen and oxygen atoms in total. The molecule has 2 aromatic rings. The number of rotatable bonds is 8. The van der Waals surface area contributed by atoms with Gasteiger partial charge in [-0.05, 0) is 24.6 Å². The van der Waals surface area contributed by atoms with Crippen LogP contribution in [-0.2, 0) is 25.6 Å². The minimum atomic E-state index is -0.602. The Kier molecular flexibility index (Phi) is 8.91. The number of esters is 1. The van der Waals surface area contributed by atoms with Crippen molar-refractivity contribution in [1.29, 1.82) is 0 Å². The summed E-state index contributed by atoms with van der Waals surface area (Å²) in [7, 11) is 1.52. The molecular formula is C19H20Cl2N2O5S. The van der Waals surface area contributed by atoms with Gasteiger partial charge < -0.3 is 14.8 Å². The average molecular weight is 459 g/mol. The fourth-order valence-corrected chi connectivity index (χ4v) is 3.73. The van der Waals surface area contributed by atoms with Crippen molar-refractivity contribution in [3.63, 3.8) is 0 Å². The predicted molar refractivity (Wildman–Crippen MR) is 114 cm³/mol. The molecular weight excluding hydrogens is 439 g/mol. The molecule has 156 valence electrons. The lowest BCUT2D eigenvalue weighted by Gasteiger charge is -2.05. The first-order chi connectivity index (χ1) is 13.9. The number of carbonyl (C=O) groups excluding carboxylic acids is 2. The second-order valence-corrected chi connectivity index (χ2v) is 7.57. The van der Waals surface area contributed by atoms with Gasteiger partial charge in [0.15, 0.2) is 0 Å². The summed E-state index contributed by atoms with van der Waals surface area (Å²) in [5, 5.41) is 3.30. The highest BCUT2D eigenvalue weighted by Gasteiger charge is 2.12. The third-order valence-corrected chi connectivity index (χ3v) is 5.56. The zero-order chi connectivity index (χ0) is 21.4. The molecule has 1 N–H and O–H groups in total. The summed E-state index contributed by atoms with van der Waals surface area (Å²) in [4.78, 5) is 36.9. The van der Waals surface area contributed by atoms with Crippen LogP contribution >= 0.6 is 34.5 Å². The number of nitrogens with one attached hydrogen (secondary N) is 1. The maximum Gasteiger partial charge on any atom is 0.333 e. The van der Waals surface area contributed by atoms with E-state index in [2.05, 4.69) is 5.32 Å². The lowest BCUT2D eigenvalue weighted by atomic mass is 10.2. The zero-order valence-corrected chi connectivity index (χ0v) is 18.2. The number of nitrogens with zero attached hydrogens (tertiary/aromatic N) is 1. The molecule has 0 bridgehead atoms. The van der Waals surface area contributed by atoms with E-state index in [0.29, 0.717) is 38.0 Å². The first-order valence-corrected chi connectivity index (χ1v) is 10.2. The number of amides is 1. The minimum Gasteiger partial charge on any atom is -0.463 e. The van der Waals surface area contributed by atoms with Crippen LogP contribution in [0.5, 0.6) is 0 Å². The quantitative estimate of drug-likeness (QED) is 0.473. The highest BCUT2D eigenvalue weighted by molar-refractivity contribution is 7.07. The molecule has 1 amide bonds. The van der Waals surface area contributed by atoms with Crippen molar-refractivity contribution in [1.82, 2.24) is 9.88 Å². The summed E-state index contributed by atoms with van der Waals surface area (Å²) >= 11 is 13.3. The van der Waals surface area contributed by atoms with Crippen molar-refractivity contribution in [2.45, 2.75) is 13.5 Å². The number of hydrogen-bond acceptors (Lipinski definition) is 6. The number of hydrogen-bond donors (Lipinski definition) is 1. The van der Waals surface area contributed by atoms with Gasteiger partial charge in [-0.1, -0.05) is 35.3 Å². The summed E-state index contributed by atoms with van der Waals surface area (Å²) in [6.45, 7) is 2.28. The number of ether oxygens (including phenoxy) is 2. The SMILES string of the molecule is CCOC(=O)/C=c1\s/c(=C\c2cccc(Cl)c2Cl)c(=O)n1CC(=O)NCCOC. The standard InChI is InChI=1S/C19H20Cl2N2O5S/c1-3-28-17(25)10-16-23(11-15(24)22-7-8-27-2)19(26)14(29-16)9-12-5-4-6-13(20)18(12)21/h4-6,9-10H,3,7-8,11H2,1-2H3,(H,22,24)/b14-9-,16-10-. The molecule has 1 aromatic carbocycles. The van der Waals surface area contributed by atoms with Crippen LogP contribution in [0, 0.1) is 0 Å². The van der Waals surface area contributed by atoms with Crippen molar-refractivity contribution in [2.24, 2.45) is 0 Å². The number of carbonyl (C=O) groups is 2. The molecule has 1 aromatic heterocycles. The van der Waals surface area contributed by atoms with Crippen molar-refractivity contribution in [2.75, 3.05) is 26.9 Å². The van der Waals surface area contributed by atoms with E-state index in [-0.39, 0.29) is 19.1 Å². The summed E-state index contributed by atoms with van der Waals surface area (Å²) in [6.07, 6.45) is 2.76. The first-order valence-electron chi connectivity index (χ1n) is 8.66. The maximum absolute atomic E-state index is 12.9. The molecule has 2 rings (SSSR count). The first kappa shape index (κ1) is 23.2. The Morgan fingerprint density at radius 1 is 1.31 bits per heavy atom. The molecule has 0 unspecified atom stereocenters. The third-order valence-electron chi connectivity index (χ3n) is 3.66. The molecule has 0 spiro atoms. The van der Waals surface area contributed by atoms with Crippen LogP contribution < -0.4 is 20.1 Å². The van der Waals surface area contributed by atoms with E-state index in [4.69, 9.17) is 32.7 Å². The Balaban J connectivity index is 2.52. The summed E-state index contributed by atoms with van der Waals surface area (Å²) in [6, 6.07) is 5.06. The van der Waals surface area contributed by atoms with Gasteiger partial charge in [0.2, 0.25) is 5.91 Å². The van der Waals surface area contributed by atoms with Gasteiger partial charge in [0.1, 0.15) is 11.2 Å². The minimum absolute atomic E-state index is 0.194. The summed E-state index contributed by atoms with van der Waals surface area (Å²) < 4.78 is 11.6. The summed E-state index contributed by atoms with van der Waals surface area (Å²) in [5.74, 6) is -0.984. The Morgan fingerprint density at radius 2 is 2.07 bits per heavy atom. The van der Waals surface area contributed by atoms with E-state index in [9.17, 15) is 14.4 Å². The van der Waals surface area contributed by atoms with E-state index in [0.717, 1.165) is 11.3 Å². The molecule has 10 heteroatoms. The number of halogens is 2. The Bertz CT molecular complexity index is 1060. The van der Waals surface area contributed by atoms with E-state index >= 15 is 0 Å². The molecule has 0 aliphatic heterocycles. The van der Waals surface area contributed by atoms with Crippen LogP contribution in [0.3, 0.4) is 0 Å². The number of methoxy groups -OCH3 is 1. The molecule has 0 radical (unpaired) electrons. The molecule has 0 saturated carbocycles. The second kappa shape index (κ2) is 11.2. The summed E-state index contributed by atoms with van der Waals surface area (Å²) in [5.41, 5.74) is 0.125. The van der Waals surface area contributed by atoms with Crippen molar-refractivity contribution >= 4 is 58.6 Å². The van der Waals surface area contributed by atoms with Crippen molar-refractivity contribution in [3.05, 3.63) is 53.4 Å². The predicted octanol–water partition coefficient (Wildman–Crippen LogP) is 1.15. The Hall–Kier alpha value is -2.13. The smallest absolute Gasteiger partial charge is 0.333 e. The topological polar surface area (TPSA) is 86.6 Å². The molecule has 0 saturated heterocycles. The zero-order valence-electron chi connectivity index (χ0n) is 15.9. The third kappa shape index (κ3) is 6.43. The van der Waals surface area contributed by atoms with Gasteiger partial charge in [0.25, 0.3) is 5.56 Å². The number of benzene rings is 1. The Labute approximate surface area is 181 Å². The van der Waals surface area contributed by atoms with Crippen molar-refractivity contribution < 1.29 is 19.1 Å². The number of aromatic nitrogens is 1. The fourth-order valence-electron chi connectivity index (χ4n) is 2.34. The average Bonchev–Trinajstić information content (AvgIpc) is 2.94. The maximum atomic E-state index is 12.9. The van der Waals surface area contributed by atoms with Gasteiger partial charge in [-0.25, -0.2) is 4.79 Å². The van der Waals surface area contributed by atoms with E-state index < -0.39 is 11.5 Å². The van der Waals surface area contributed by atoms with Gasteiger partial charge in [0.05, 0.1) is 33.9 Å². The van der Waals surface area contributed by atoms with E-state index in [1.807, 2.05) is 0 Å². The second-order valence-electron chi connectivity index (χ2n) is 5.72.